The summed E-state index contributed by atoms with van der Waals surface area (Å²) in [6.07, 6.45) is 3.00. The van der Waals surface area contributed by atoms with E-state index in [1.807, 2.05) is 0 Å². The van der Waals surface area contributed by atoms with E-state index in [4.69, 9.17) is 14.2 Å². The van der Waals surface area contributed by atoms with Gasteiger partial charge < -0.3 is 14.2 Å². The van der Waals surface area contributed by atoms with E-state index in [0.29, 0.717) is 17.9 Å². The Morgan fingerprint density at radius 1 is 1.16 bits per heavy atom. The van der Waals surface area contributed by atoms with E-state index in [-0.39, 0.29) is 5.75 Å². The maximum Gasteiger partial charge on any atom is 0.321 e. The van der Waals surface area contributed by atoms with Crippen molar-refractivity contribution >= 4 is 23.5 Å². The van der Waals surface area contributed by atoms with Crippen molar-refractivity contribution in [2.45, 2.75) is 0 Å². The van der Waals surface area contributed by atoms with Crippen molar-refractivity contribution < 1.29 is 28.9 Å². The summed E-state index contributed by atoms with van der Waals surface area (Å²) >= 11 is 0. The number of ether oxygens (including phenoxy) is 3. The zero-order chi connectivity index (χ0) is 22.8. The Kier molecular flexibility index (Phi) is 8.02. The molecule has 2 rings (SSSR count). The molecule has 0 aliphatic heterocycles. The highest BCUT2D eigenvalue weighted by Gasteiger charge is 2.27. The number of nitrogens with zero attached hydrogens (tertiary/aromatic N) is 3. The number of non-ortho nitro benzene ring substituents is 1. The minimum absolute atomic E-state index is 0.254. The van der Waals surface area contributed by atoms with E-state index >= 15 is 0 Å². The monoisotopic (exact) mass is 430 g/mol. The van der Waals surface area contributed by atoms with Crippen molar-refractivity contribution in [3.63, 3.8) is 0 Å². The number of hydrogen-bond acceptors (Lipinski definition) is 9. The van der Waals surface area contributed by atoms with Crippen LogP contribution in [0.4, 0.5) is 11.4 Å². The van der Waals surface area contributed by atoms with Gasteiger partial charge in [0.1, 0.15) is 12.4 Å². The topological polar surface area (TPSA) is 155 Å². The van der Waals surface area contributed by atoms with E-state index in [2.05, 4.69) is 17.1 Å². The Morgan fingerprint density at radius 2 is 1.87 bits per heavy atom. The van der Waals surface area contributed by atoms with Crippen LogP contribution in [-0.4, -0.2) is 42.3 Å². The van der Waals surface area contributed by atoms with E-state index in [0.717, 1.165) is 19.2 Å². The summed E-state index contributed by atoms with van der Waals surface area (Å²) in [6.45, 7) is 3.29. The van der Waals surface area contributed by atoms with Gasteiger partial charge >= 0.3 is 5.69 Å². The molecule has 0 saturated heterocycles. The molecule has 31 heavy (non-hydrogen) atoms. The van der Waals surface area contributed by atoms with Crippen LogP contribution in [-0.2, 0) is 4.79 Å². The predicted molar refractivity (Wildman–Crippen MR) is 110 cm³/mol. The molecule has 0 aliphatic rings. The van der Waals surface area contributed by atoms with Crippen molar-refractivity contribution in [2.75, 3.05) is 20.3 Å². The summed E-state index contributed by atoms with van der Waals surface area (Å²) in [5, 5.41) is 25.9. The highest BCUT2D eigenvalue weighted by atomic mass is 16.6. The first-order valence-corrected chi connectivity index (χ1v) is 8.65. The van der Waals surface area contributed by atoms with E-state index in [1.54, 1.807) is 30.3 Å². The molecule has 0 radical (unpaired) electrons. The number of benzene rings is 2. The third-order valence-corrected chi connectivity index (χ3v) is 3.65. The van der Waals surface area contributed by atoms with Crippen LogP contribution >= 0.6 is 0 Å². The molecule has 0 unspecified atom stereocenters. The largest absolute Gasteiger partial charge is 0.492 e. The molecule has 1 amide bonds. The van der Waals surface area contributed by atoms with Gasteiger partial charge in [0.05, 0.1) is 35.3 Å². The zero-order valence-corrected chi connectivity index (χ0v) is 16.3. The molecule has 0 aromatic heterocycles. The van der Waals surface area contributed by atoms with Crippen LogP contribution < -0.4 is 19.6 Å². The molecule has 0 spiro atoms. The van der Waals surface area contributed by atoms with E-state index < -0.39 is 39.5 Å². The van der Waals surface area contributed by atoms with Crippen LogP contribution in [0.1, 0.15) is 5.56 Å². The lowest BCUT2D eigenvalue weighted by molar-refractivity contribution is -0.394. The number of rotatable bonds is 11. The van der Waals surface area contributed by atoms with Gasteiger partial charge in [-0.1, -0.05) is 12.7 Å². The van der Waals surface area contributed by atoms with E-state index in [9.17, 15) is 25.0 Å². The van der Waals surface area contributed by atoms with Gasteiger partial charge in [-0.05, 0) is 29.8 Å². The number of hydrazone groups is 1. The summed E-state index contributed by atoms with van der Waals surface area (Å²) in [6, 6.07) is 8.55. The lowest BCUT2D eigenvalue weighted by atomic mass is 10.2. The van der Waals surface area contributed by atoms with Crippen molar-refractivity contribution in [3.05, 3.63) is 74.8 Å². The number of carbonyl (C=O) groups is 1. The first kappa shape index (κ1) is 22.8. The van der Waals surface area contributed by atoms with Crippen molar-refractivity contribution in [1.29, 1.82) is 0 Å². The summed E-state index contributed by atoms with van der Waals surface area (Å²) in [5.74, 6) is -0.728. The van der Waals surface area contributed by atoms with Gasteiger partial charge in [-0.15, -0.1) is 0 Å². The average Bonchev–Trinajstić information content (AvgIpc) is 2.76. The normalized spacial score (nSPS) is 10.4. The molecule has 0 bridgehead atoms. The fraction of sp³-hybridized carbons (Fsp3) is 0.158. The fourth-order valence-corrected chi connectivity index (χ4v) is 2.27. The third-order valence-electron chi connectivity index (χ3n) is 3.65. The number of nitrogens with one attached hydrogen (secondary N) is 1. The summed E-state index contributed by atoms with van der Waals surface area (Å²) in [7, 11) is 1.16. The lowest BCUT2D eigenvalue weighted by Gasteiger charge is -2.10. The average molecular weight is 430 g/mol. The number of nitro groups is 2. The second-order valence-electron chi connectivity index (χ2n) is 5.76. The quantitative estimate of drug-likeness (QED) is 0.247. The molecule has 0 fully saturated rings. The number of hydrogen-bond donors (Lipinski definition) is 1. The molecule has 162 valence electrons. The van der Waals surface area contributed by atoms with Crippen LogP contribution in [0.3, 0.4) is 0 Å². The third kappa shape index (κ3) is 6.52. The molecule has 1 N–H and O–H groups in total. The van der Waals surface area contributed by atoms with Gasteiger partial charge in [0.25, 0.3) is 11.6 Å². The minimum Gasteiger partial charge on any atom is -0.492 e. The van der Waals surface area contributed by atoms with Crippen LogP contribution in [0.25, 0.3) is 0 Å². The summed E-state index contributed by atoms with van der Waals surface area (Å²) < 4.78 is 15.4. The second-order valence-corrected chi connectivity index (χ2v) is 5.76. The smallest absolute Gasteiger partial charge is 0.321 e. The van der Waals surface area contributed by atoms with Gasteiger partial charge in [0.2, 0.25) is 5.75 Å². The molecule has 2 aromatic carbocycles. The van der Waals surface area contributed by atoms with Crippen LogP contribution in [0.15, 0.2) is 54.2 Å². The second kappa shape index (κ2) is 10.9. The van der Waals surface area contributed by atoms with Gasteiger partial charge in [-0.2, -0.15) is 5.10 Å². The molecule has 0 atom stereocenters. The Morgan fingerprint density at radius 3 is 2.45 bits per heavy atom. The molecular formula is C19H18N4O8. The minimum atomic E-state index is -0.872. The number of amides is 1. The molecule has 0 heterocycles. The zero-order valence-electron chi connectivity index (χ0n) is 16.3. The predicted octanol–water partition coefficient (Wildman–Crippen LogP) is 2.61. The number of methoxy groups -OCH3 is 1. The highest BCUT2D eigenvalue weighted by molar-refractivity contribution is 5.83. The van der Waals surface area contributed by atoms with Crippen molar-refractivity contribution in [3.8, 4) is 17.2 Å². The van der Waals surface area contributed by atoms with Crippen molar-refractivity contribution in [1.82, 2.24) is 5.43 Å². The molecule has 2 aromatic rings. The summed E-state index contributed by atoms with van der Waals surface area (Å²) in [4.78, 5) is 32.4. The van der Waals surface area contributed by atoms with Gasteiger partial charge in [-0.25, -0.2) is 5.43 Å². The van der Waals surface area contributed by atoms with E-state index in [1.165, 1.54) is 6.21 Å². The number of nitro benzene ring substituents is 2. The molecule has 0 saturated carbocycles. The maximum atomic E-state index is 11.9. The van der Waals surface area contributed by atoms with Crippen LogP contribution in [0.5, 0.6) is 17.2 Å². The Bertz CT molecular complexity index is 1000. The number of carbonyl (C=O) groups excluding carboxylic acids is 1. The highest BCUT2D eigenvalue weighted by Crippen LogP contribution is 2.40. The lowest BCUT2D eigenvalue weighted by Crippen LogP contribution is -2.25. The standard InChI is InChI=1S/C19H18N4O8/c1-3-8-30-15-6-4-13(5-7-15)11-20-21-18(24)12-31-19-16(23(27)28)9-14(22(25)26)10-17(19)29-2/h3-7,9-11H,1,8,12H2,2H3,(H,21,24). The first-order valence-electron chi connectivity index (χ1n) is 8.65. The Balaban J connectivity index is 2.00. The maximum absolute atomic E-state index is 11.9. The van der Waals surface area contributed by atoms with Crippen LogP contribution in [0.2, 0.25) is 0 Å². The van der Waals surface area contributed by atoms with Gasteiger partial charge in [0.15, 0.2) is 12.4 Å². The van der Waals surface area contributed by atoms with Gasteiger partial charge in [0, 0.05) is 0 Å². The molecule has 12 heteroatoms. The summed E-state index contributed by atoms with van der Waals surface area (Å²) in [5.41, 5.74) is 1.63. The molecular weight excluding hydrogens is 412 g/mol. The Hall–Kier alpha value is -4.48. The SMILES string of the molecule is C=CCOc1ccc(C=NNC(=O)COc2c(OC)cc([N+](=O)[O-])cc2[N+](=O)[O-])cc1. The Labute approximate surface area is 176 Å². The fourth-order valence-electron chi connectivity index (χ4n) is 2.27. The van der Waals surface area contributed by atoms with Crippen LogP contribution in [0, 0.1) is 20.2 Å². The molecule has 0 aliphatic carbocycles. The van der Waals surface area contributed by atoms with Crippen molar-refractivity contribution in [2.24, 2.45) is 5.10 Å². The van der Waals surface area contributed by atoms with Gasteiger partial charge in [-0.3, -0.25) is 25.0 Å². The first-order chi connectivity index (χ1) is 14.8. The molecule has 12 nitrogen and oxygen atoms in total.